The largest absolute Gasteiger partial charge is 0.335 e. The van der Waals surface area contributed by atoms with Gasteiger partial charge in [-0.25, -0.2) is 0 Å². The van der Waals surface area contributed by atoms with Crippen LogP contribution >= 0.6 is 27.5 Å². The molecule has 7 heteroatoms. The molecule has 3 N–H and O–H groups in total. The van der Waals surface area contributed by atoms with Crippen molar-refractivity contribution >= 4 is 45.0 Å². The van der Waals surface area contributed by atoms with Gasteiger partial charge in [-0.15, -0.1) is 0 Å². The number of hydrogen-bond acceptors (Lipinski definition) is 3. The lowest BCUT2D eigenvalue weighted by atomic mass is 9.85. The maximum Gasteiger partial charge on any atom is 0.256 e. The molecular formula is C27H33BrClN3O2. The highest BCUT2D eigenvalue weighted by Gasteiger charge is 2.33. The fourth-order valence-corrected chi connectivity index (χ4v) is 5.83. The van der Waals surface area contributed by atoms with Gasteiger partial charge >= 0.3 is 0 Å². The van der Waals surface area contributed by atoms with Crippen LogP contribution in [0.1, 0.15) is 73.7 Å². The van der Waals surface area contributed by atoms with Gasteiger partial charge in [-0.2, -0.15) is 0 Å². The first-order valence-corrected chi connectivity index (χ1v) is 13.5. The minimum absolute atomic E-state index is 0.0986. The third-order valence-corrected chi connectivity index (χ3v) is 8.24. The Kier molecular flexibility index (Phi) is 8.67. The van der Waals surface area contributed by atoms with Gasteiger partial charge in [-0.3, -0.25) is 9.59 Å². The molecule has 2 amide bonds. The number of benzene rings is 2. The zero-order valence-corrected chi connectivity index (χ0v) is 21.8. The van der Waals surface area contributed by atoms with E-state index in [4.69, 9.17) is 17.3 Å². The van der Waals surface area contributed by atoms with Gasteiger partial charge in [0.15, 0.2) is 0 Å². The van der Waals surface area contributed by atoms with Crippen LogP contribution in [0.15, 0.2) is 46.9 Å². The Morgan fingerprint density at radius 2 is 1.71 bits per heavy atom. The molecule has 2 aliphatic rings. The van der Waals surface area contributed by atoms with E-state index in [1.807, 2.05) is 24.3 Å². The van der Waals surface area contributed by atoms with Crippen LogP contribution in [0.2, 0.25) is 5.02 Å². The Morgan fingerprint density at radius 1 is 1.00 bits per heavy atom. The summed E-state index contributed by atoms with van der Waals surface area (Å²) in [7, 11) is 0. The maximum absolute atomic E-state index is 13.7. The van der Waals surface area contributed by atoms with Gasteiger partial charge in [0.05, 0.1) is 5.56 Å². The number of nitrogens with zero attached hydrogens (tertiary/aromatic N) is 1. The van der Waals surface area contributed by atoms with E-state index in [1.165, 1.54) is 6.42 Å². The van der Waals surface area contributed by atoms with E-state index in [2.05, 4.69) is 26.1 Å². The number of anilines is 1. The smallest absolute Gasteiger partial charge is 0.256 e. The first-order chi connectivity index (χ1) is 16.4. The molecule has 4 rings (SSSR count). The number of rotatable bonds is 6. The molecule has 2 fully saturated rings. The number of hydrogen-bond donors (Lipinski definition) is 2. The van der Waals surface area contributed by atoms with E-state index >= 15 is 0 Å². The monoisotopic (exact) mass is 545 g/mol. The summed E-state index contributed by atoms with van der Waals surface area (Å²) in [4.78, 5) is 28.5. The quantitative estimate of drug-likeness (QED) is 0.432. The van der Waals surface area contributed by atoms with Gasteiger partial charge < -0.3 is 16.0 Å². The summed E-state index contributed by atoms with van der Waals surface area (Å²) in [6.45, 7) is 0.451. The molecule has 0 atom stereocenters. The predicted molar refractivity (Wildman–Crippen MR) is 141 cm³/mol. The van der Waals surface area contributed by atoms with Crippen LogP contribution in [-0.2, 0) is 11.3 Å². The molecule has 0 radical (unpaired) electrons. The molecule has 0 unspecified atom stereocenters. The van der Waals surface area contributed by atoms with Crippen LogP contribution in [0.3, 0.4) is 0 Å². The zero-order chi connectivity index (χ0) is 24.1. The van der Waals surface area contributed by atoms with E-state index in [0.717, 1.165) is 61.4 Å². The van der Waals surface area contributed by atoms with Crippen LogP contribution in [0.5, 0.6) is 0 Å². The number of carbonyl (C=O) groups is 2. The van der Waals surface area contributed by atoms with Crippen LogP contribution < -0.4 is 11.1 Å². The number of carbonyl (C=O) groups excluding carboxylic acids is 2. The molecule has 2 aliphatic carbocycles. The molecule has 182 valence electrons. The van der Waals surface area contributed by atoms with Gasteiger partial charge in [0.25, 0.3) is 5.91 Å². The molecule has 0 saturated heterocycles. The zero-order valence-electron chi connectivity index (χ0n) is 19.4. The van der Waals surface area contributed by atoms with E-state index in [-0.39, 0.29) is 29.8 Å². The normalized spacial score (nSPS) is 21.1. The second-order valence-corrected chi connectivity index (χ2v) is 10.9. The van der Waals surface area contributed by atoms with Gasteiger partial charge in [0.2, 0.25) is 5.91 Å². The van der Waals surface area contributed by atoms with Crippen LogP contribution in [-0.4, -0.2) is 28.8 Å². The molecule has 2 aromatic carbocycles. The molecule has 0 spiro atoms. The van der Waals surface area contributed by atoms with Gasteiger partial charge in [0, 0.05) is 39.7 Å². The third-order valence-electron chi connectivity index (χ3n) is 7.18. The third kappa shape index (κ3) is 6.21. The van der Waals surface area contributed by atoms with Crippen molar-refractivity contribution in [3.8, 4) is 0 Å². The maximum atomic E-state index is 13.7. The number of amides is 2. The second-order valence-electron chi connectivity index (χ2n) is 9.61. The molecule has 0 heterocycles. The van der Waals surface area contributed by atoms with Crippen molar-refractivity contribution in [3.63, 3.8) is 0 Å². The van der Waals surface area contributed by atoms with Crippen molar-refractivity contribution in [3.05, 3.63) is 63.1 Å². The van der Waals surface area contributed by atoms with E-state index in [9.17, 15) is 9.59 Å². The van der Waals surface area contributed by atoms with E-state index in [1.54, 1.807) is 18.2 Å². The SMILES string of the molecule is NC1CCC(N(Cc2cc(NC(=O)c3ccccc3Br)ccc2Cl)C(=O)C2CCCCC2)CC1. The van der Waals surface area contributed by atoms with E-state index in [0.29, 0.717) is 22.8 Å². The van der Waals surface area contributed by atoms with Crippen LogP contribution in [0, 0.1) is 5.92 Å². The standard InChI is InChI=1S/C27H33BrClN3O2/c28-24-9-5-4-8-23(24)26(33)31-21-12-15-25(29)19(16-21)17-32(22-13-10-20(30)11-14-22)27(34)18-6-2-1-3-7-18/h4-5,8-9,12,15-16,18,20,22H,1-3,6-7,10-11,13-14,17,30H2,(H,31,33). The summed E-state index contributed by atoms with van der Waals surface area (Å²) in [5.74, 6) is 0.150. The van der Waals surface area contributed by atoms with Gasteiger partial charge in [-0.1, -0.05) is 43.0 Å². The Labute approximate surface area is 215 Å². The molecule has 0 bridgehead atoms. The molecule has 0 aromatic heterocycles. The summed E-state index contributed by atoms with van der Waals surface area (Å²) >= 11 is 10.0. The van der Waals surface area contributed by atoms with Crippen molar-refractivity contribution in [1.29, 1.82) is 0 Å². The highest BCUT2D eigenvalue weighted by molar-refractivity contribution is 9.10. The second kappa shape index (κ2) is 11.7. The molecule has 0 aliphatic heterocycles. The Morgan fingerprint density at radius 3 is 2.41 bits per heavy atom. The number of nitrogens with two attached hydrogens (primary N) is 1. The molecule has 2 aromatic rings. The molecular weight excluding hydrogens is 514 g/mol. The Balaban J connectivity index is 1.54. The minimum atomic E-state index is -0.197. The fourth-order valence-electron chi connectivity index (χ4n) is 5.19. The van der Waals surface area contributed by atoms with Crippen molar-refractivity contribution < 1.29 is 9.59 Å². The summed E-state index contributed by atoms with van der Waals surface area (Å²) in [6.07, 6.45) is 9.13. The lowest BCUT2D eigenvalue weighted by molar-refractivity contribution is -0.140. The van der Waals surface area contributed by atoms with E-state index < -0.39 is 0 Å². The minimum Gasteiger partial charge on any atom is -0.335 e. The fraction of sp³-hybridized carbons (Fsp3) is 0.481. The van der Waals surface area contributed by atoms with Crippen molar-refractivity contribution in [1.82, 2.24) is 4.90 Å². The lowest BCUT2D eigenvalue weighted by Gasteiger charge is -2.39. The van der Waals surface area contributed by atoms with Crippen molar-refractivity contribution in [2.24, 2.45) is 11.7 Å². The van der Waals surface area contributed by atoms with Crippen LogP contribution in [0.25, 0.3) is 0 Å². The van der Waals surface area contributed by atoms with Crippen LogP contribution in [0.4, 0.5) is 5.69 Å². The van der Waals surface area contributed by atoms with Crippen molar-refractivity contribution in [2.45, 2.75) is 76.4 Å². The predicted octanol–water partition coefficient (Wildman–Crippen LogP) is 6.53. The molecule has 34 heavy (non-hydrogen) atoms. The average molecular weight is 547 g/mol. The highest BCUT2D eigenvalue weighted by Crippen LogP contribution is 2.32. The lowest BCUT2D eigenvalue weighted by Crippen LogP contribution is -2.46. The summed E-state index contributed by atoms with van der Waals surface area (Å²) in [5.41, 5.74) is 8.23. The average Bonchev–Trinajstić information content (AvgIpc) is 2.85. The van der Waals surface area contributed by atoms with Gasteiger partial charge in [0.1, 0.15) is 0 Å². The summed E-state index contributed by atoms with van der Waals surface area (Å²) in [6, 6.07) is 13.2. The molecule has 5 nitrogen and oxygen atoms in total. The summed E-state index contributed by atoms with van der Waals surface area (Å²) in [5, 5.41) is 3.57. The first-order valence-electron chi connectivity index (χ1n) is 12.3. The highest BCUT2D eigenvalue weighted by atomic mass is 79.9. The van der Waals surface area contributed by atoms with Crippen molar-refractivity contribution in [2.75, 3.05) is 5.32 Å². The Bertz CT molecular complexity index is 1020. The summed E-state index contributed by atoms with van der Waals surface area (Å²) < 4.78 is 0.737. The number of nitrogens with one attached hydrogen (secondary N) is 1. The first kappa shape index (κ1) is 25.2. The van der Waals surface area contributed by atoms with Gasteiger partial charge in [-0.05, 0) is 90.4 Å². The molecule has 2 saturated carbocycles. The Hall–Kier alpha value is -1.89. The topological polar surface area (TPSA) is 75.4 Å². The number of halogens is 2.